The maximum Gasteiger partial charge on any atom is 0.256 e. The van der Waals surface area contributed by atoms with Crippen LogP contribution in [0.5, 0.6) is 0 Å². The topological polar surface area (TPSA) is 42.0 Å². The van der Waals surface area contributed by atoms with E-state index in [1.54, 1.807) is 6.20 Å². The van der Waals surface area contributed by atoms with E-state index in [-0.39, 0.29) is 5.91 Å². The zero-order chi connectivity index (χ0) is 14.9. The van der Waals surface area contributed by atoms with E-state index in [0.717, 1.165) is 22.3 Å². The first kappa shape index (κ1) is 14.5. The van der Waals surface area contributed by atoms with Crippen LogP contribution in [0.3, 0.4) is 0 Å². The van der Waals surface area contributed by atoms with Crippen molar-refractivity contribution >= 4 is 23.2 Å². The molecule has 1 amide bonds. The number of amides is 1. The quantitative estimate of drug-likeness (QED) is 0.841. The molecule has 0 aliphatic rings. The summed E-state index contributed by atoms with van der Waals surface area (Å²) in [4.78, 5) is 16.5. The van der Waals surface area contributed by atoms with E-state index >= 15 is 0 Å². The van der Waals surface area contributed by atoms with Crippen molar-refractivity contribution in [2.45, 2.75) is 27.7 Å². The molecule has 0 aliphatic carbocycles. The Kier molecular flexibility index (Phi) is 4.09. The summed E-state index contributed by atoms with van der Waals surface area (Å²) >= 11 is 6.01. The minimum Gasteiger partial charge on any atom is -0.319 e. The Morgan fingerprint density at radius 2 is 1.65 bits per heavy atom. The molecule has 1 N–H and O–H groups in total. The van der Waals surface area contributed by atoms with Crippen LogP contribution in [0, 0.1) is 27.7 Å². The number of nitrogens with zero attached hydrogens (tertiary/aromatic N) is 1. The van der Waals surface area contributed by atoms with Gasteiger partial charge in [-0.3, -0.25) is 4.79 Å². The Morgan fingerprint density at radius 1 is 1.05 bits per heavy atom. The lowest BCUT2D eigenvalue weighted by Crippen LogP contribution is -2.16. The molecule has 104 valence electrons. The van der Waals surface area contributed by atoms with Crippen molar-refractivity contribution in [2.24, 2.45) is 0 Å². The summed E-state index contributed by atoms with van der Waals surface area (Å²) in [7, 11) is 0. The predicted octanol–water partition coefficient (Wildman–Crippen LogP) is 4.22. The van der Waals surface area contributed by atoms with Gasteiger partial charge < -0.3 is 5.32 Å². The molecule has 0 saturated heterocycles. The second-order valence-electron chi connectivity index (χ2n) is 5.08. The minimum atomic E-state index is -0.158. The zero-order valence-corrected chi connectivity index (χ0v) is 12.8. The molecule has 0 atom stereocenters. The van der Waals surface area contributed by atoms with Crippen LogP contribution in [-0.2, 0) is 0 Å². The van der Waals surface area contributed by atoms with E-state index in [1.807, 2.05) is 45.9 Å². The number of aromatic nitrogens is 1. The molecule has 1 aromatic heterocycles. The van der Waals surface area contributed by atoms with E-state index in [4.69, 9.17) is 11.6 Å². The number of carbonyl (C=O) groups is 1. The van der Waals surface area contributed by atoms with Gasteiger partial charge in [0, 0.05) is 11.8 Å². The van der Waals surface area contributed by atoms with Gasteiger partial charge in [0.05, 0.1) is 5.69 Å². The molecule has 0 bridgehead atoms. The molecule has 0 saturated carbocycles. The smallest absolute Gasteiger partial charge is 0.256 e. The maximum absolute atomic E-state index is 12.4. The van der Waals surface area contributed by atoms with E-state index in [9.17, 15) is 4.79 Å². The van der Waals surface area contributed by atoms with Gasteiger partial charge in [-0.1, -0.05) is 29.3 Å². The molecule has 1 aromatic carbocycles. The highest BCUT2D eigenvalue weighted by Crippen LogP contribution is 2.23. The number of hydrogen-bond donors (Lipinski definition) is 1. The molecule has 0 fully saturated rings. The standard InChI is InChI=1S/C16H17ClN2O/c1-9-5-11(3)14(12(4)6-9)16(20)19-13-7-10(2)8-18-15(13)17/h5-8H,1-4H3,(H,19,20). The van der Waals surface area contributed by atoms with Gasteiger partial charge in [0.25, 0.3) is 5.91 Å². The average Bonchev–Trinajstić information content (AvgIpc) is 2.32. The maximum atomic E-state index is 12.4. The van der Waals surface area contributed by atoms with E-state index in [0.29, 0.717) is 16.4 Å². The fourth-order valence-corrected chi connectivity index (χ4v) is 2.51. The Morgan fingerprint density at radius 3 is 2.25 bits per heavy atom. The van der Waals surface area contributed by atoms with Crippen LogP contribution in [0.15, 0.2) is 24.4 Å². The molecule has 2 aromatic rings. The number of nitrogens with one attached hydrogen (secondary N) is 1. The molecule has 4 heteroatoms. The lowest BCUT2D eigenvalue weighted by molar-refractivity contribution is 0.102. The van der Waals surface area contributed by atoms with Gasteiger partial charge in [-0.2, -0.15) is 0 Å². The lowest BCUT2D eigenvalue weighted by atomic mass is 9.99. The van der Waals surface area contributed by atoms with Gasteiger partial charge in [-0.25, -0.2) is 4.98 Å². The minimum absolute atomic E-state index is 0.158. The number of rotatable bonds is 2. The third kappa shape index (κ3) is 2.99. The van der Waals surface area contributed by atoms with Crippen molar-refractivity contribution in [3.05, 3.63) is 57.4 Å². The van der Waals surface area contributed by atoms with Crippen LogP contribution in [-0.4, -0.2) is 10.9 Å². The van der Waals surface area contributed by atoms with Crippen molar-refractivity contribution in [1.29, 1.82) is 0 Å². The van der Waals surface area contributed by atoms with Gasteiger partial charge in [-0.05, 0) is 50.5 Å². The first-order valence-corrected chi connectivity index (χ1v) is 6.77. The van der Waals surface area contributed by atoms with Crippen LogP contribution >= 0.6 is 11.6 Å². The van der Waals surface area contributed by atoms with E-state index in [1.165, 1.54) is 0 Å². The molecule has 2 rings (SSSR count). The normalized spacial score (nSPS) is 10.4. The summed E-state index contributed by atoms with van der Waals surface area (Å²) in [5, 5.41) is 3.13. The highest BCUT2D eigenvalue weighted by Gasteiger charge is 2.14. The lowest BCUT2D eigenvalue weighted by Gasteiger charge is -2.12. The molecule has 3 nitrogen and oxygen atoms in total. The largest absolute Gasteiger partial charge is 0.319 e. The van der Waals surface area contributed by atoms with E-state index < -0.39 is 0 Å². The molecule has 0 spiro atoms. The van der Waals surface area contributed by atoms with Crippen molar-refractivity contribution in [2.75, 3.05) is 5.32 Å². The molecule has 1 heterocycles. The van der Waals surface area contributed by atoms with E-state index in [2.05, 4.69) is 10.3 Å². The van der Waals surface area contributed by atoms with Crippen molar-refractivity contribution in [1.82, 2.24) is 4.98 Å². The average molecular weight is 289 g/mol. The first-order chi connectivity index (χ1) is 9.38. The summed E-state index contributed by atoms with van der Waals surface area (Å²) in [6.45, 7) is 7.79. The fourth-order valence-electron chi connectivity index (χ4n) is 2.36. The number of benzene rings is 1. The molecule has 0 unspecified atom stereocenters. The summed E-state index contributed by atoms with van der Waals surface area (Å²) in [6, 6.07) is 5.81. The second kappa shape index (κ2) is 5.63. The third-order valence-corrected chi connectivity index (χ3v) is 3.43. The second-order valence-corrected chi connectivity index (χ2v) is 5.44. The summed E-state index contributed by atoms with van der Waals surface area (Å²) in [6.07, 6.45) is 1.67. The molecule has 20 heavy (non-hydrogen) atoms. The number of aryl methyl sites for hydroxylation is 4. The highest BCUT2D eigenvalue weighted by molar-refractivity contribution is 6.32. The van der Waals surface area contributed by atoms with Crippen LogP contribution < -0.4 is 5.32 Å². The van der Waals surface area contributed by atoms with Crippen molar-refractivity contribution < 1.29 is 4.79 Å². The van der Waals surface area contributed by atoms with Crippen LogP contribution in [0.1, 0.15) is 32.6 Å². The number of anilines is 1. The summed E-state index contributed by atoms with van der Waals surface area (Å²) in [5.74, 6) is -0.158. The van der Waals surface area contributed by atoms with Crippen LogP contribution in [0.4, 0.5) is 5.69 Å². The van der Waals surface area contributed by atoms with Crippen LogP contribution in [0.2, 0.25) is 5.15 Å². The van der Waals surface area contributed by atoms with Crippen molar-refractivity contribution in [3.63, 3.8) is 0 Å². The van der Waals surface area contributed by atoms with Gasteiger partial charge in [0.15, 0.2) is 5.15 Å². The highest BCUT2D eigenvalue weighted by atomic mass is 35.5. The Bertz CT molecular complexity index is 657. The SMILES string of the molecule is Cc1cc(C)c(C(=O)Nc2cc(C)cnc2Cl)c(C)c1. The molecular formula is C16H17ClN2O. The summed E-state index contributed by atoms with van der Waals surface area (Å²) < 4.78 is 0. The molecule has 0 aliphatic heterocycles. The number of carbonyl (C=O) groups excluding carboxylic acids is 1. The van der Waals surface area contributed by atoms with Gasteiger partial charge in [0.2, 0.25) is 0 Å². The number of pyridine rings is 1. The first-order valence-electron chi connectivity index (χ1n) is 6.40. The molecular weight excluding hydrogens is 272 g/mol. The monoisotopic (exact) mass is 288 g/mol. The third-order valence-electron chi connectivity index (χ3n) is 3.13. The fraction of sp³-hybridized carbons (Fsp3) is 0.250. The van der Waals surface area contributed by atoms with Gasteiger partial charge in [0.1, 0.15) is 0 Å². The predicted molar refractivity (Wildman–Crippen MR) is 82.6 cm³/mol. The number of halogens is 1. The van der Waals surface area contributed by atoms with Crippen LogP contribution in [0.25, 0.3) is 0 Å². The van der Waals surface area contributed by atoms with Gasteiger partial charge >= 0.3 is 0 Å². The Hall–Kier alpha value is -1.87. The molecule has 0 radical (unpaired) electrons. The number of hydrogen-bond acceptors (Lipinski definition) is 2. The summed E-state index contributed by atoms with van der Waals surface area (Å²) in [5.41, 5.74) is 5.23. The zero-order valence-electron chi connectivity index (χ0n) is 12.0. The Balaban J connectivity index is 2.36. The van der Waals surface area contributed by atoms with Crippen molar-refractivity contribution in [3.8, 4) is 0 Å². The Labute approximate surface area is 124 Å². The van der Waals surface area contributed by atoms with Gasteiger partial charge in [-0.15, -0.1) is 0 Å².